The number of halogens is 1. The summed E-state index contributed by atoms with van der Waals surface area (Å²) in [7, 11) is 1.69. The maximum Gasteiger partial charge on any atom is 0.153 e. The molecule has 2 rings (SSSR count). The normalized spacial score (nSPS) is 10.5. The molecule has 0 fully saturated rings. The molecule has 4 heteroatoms. The van der Waals surface area contributed by atoms with E-state index in [9.17, 15) is 0 Å². The van der Waals surface area contributed by atoms with Crippen LogP contribution in [0.1, 0.15) is 0 Å². The number of ether oxygens (including phenoxy) is 1. The smallest absolute Gasteiger partial charge is 0.153 e. The molecule has 2 nitrogen and oxygen atoms in total. The van der Waals surface area contributed by atoms with Crippen molar-refractivity contribution in [2.24, 2.45) is 0 Å². The van der Waals surface area contributed by atoms with E-state index in [0.717, 1.165) is 19.5 Å². The number of thiophene rings is 1. The molecule has 0 unspecified atom stereocenters. The molecule has 0 N–H and O–H groups in total. The molecule has 0 saturated carbocycles. The fourth-order valence-corrected chi connectivity index (χ4v) is 2.74. The van der Waals surface area contributed by atoms with E-state index in [1.807, 2.05) is 17.6 Å². The van der Waals surface area contributed by atoms with Crippen molar-refractivity contribution in [3.63, 3.8) is 0 Å². The first-order chi connectivity index (χ1) is 5.83. The van der Waals surface area contributed by atoms with Crippen molar-refractivity contribution in [2.45, 2.75) is 0 Å². The van der Waals surface area contributed by atoms with Crippen LogP contribution in [0, 0.1) is 3.57 Å². The predicted octanol–water partition coefficient (Wildman–Crippen LogP) is 2.91. The average Bonchev–Trinajstić information content (AvgIpc) is 2.52. The molecule has 0 aliphatic heterocycles. The number of hydrogen-bond acceptors (Lipinski definition) is 3. The predicted molar refractivity (Wildman–Crippen MR) is 58.9 cm³/mol. The van der Waals surface area contributed by atoms with Gasteiger partial charge >= 0.3 is 0 Å². The molecule has 0 aliphatic carbocycles. The Morgan fingerprint density at radius 2 is 2.42 bits per heavy atom. The minimum absolute atomic E-state index is 0.940. The Morgan fingerprint density at radius 1 is 1.58 bits per heavy atom. The molecule has 0 atom stereocenters. The van der Waals surface area contributed by atoms with Crippen LogP contribution in [-0.4, -0.2) is 12.1 Å². The largest absolute Gasteiger partial charge is 0.494 e. The van der Waals surface area contributed by atoms with E-state index in [2.05, 4.69) is 27.6 Å². The van der Waals surface area contributed by atoms with Gasteiger partial charge in [-0.2, -0.15) is 0 Å². The summed E-state index contributed by atoms with van der Waals surface area (Å²) in [5, 5.41) is 2.02. The van der Waals surface area contributed by atoms with E-state index in [1.54, 1.807) is 18.4 Å². The Bertz CT molecular complexity index is 412. The third-order valence-corrected chi connectivity index (χ3v) is 3.26. The van der Waals surface area contributed by atoms with Gasteiger partial charge in [-0.3, -0.25) is 4.98 Å². The van der Waals surface area contributed by atoms with Crippen LogP contribution >= 0.6 is 33.9 Å². The zero-order chi connectivity index (χ0) is 8.55. The van der Waals surface area contributed by atoms with Crippen molar-refractivity contribution in [3.05, 3.63) is 21.2 Å². The van der Waals surface area contributed by atoms with Crippen molar-refractivity contribution < 1.29 is 4.74 Å². The van der Waals surface area contributed by atoms with E-state index in [1.165, 1.54) is 0 Å². The first kappa shape index (κ1) is 8.25. The van der Waals surface area contributed by atoms with Gasteiger partial charge in [-0.05, 0) is 34.0 Å². The quantitative estimate of drug-likeness (QED) is 0.754. The molecule has 0 saturated heterocycles. The van der Waals surface area contributed by atoms with E-state index in [0.29, 0.717) is 0 Å². The standard InChI is InChI=1S/C8H6INOS/c1-11-7-5(9)4-10-6-2-3-12-8(6)7/h2-4H,1H3. The van der Waals surface area contributed by atoms with E-state index in [-0.39, 0.29) is 0 Å². The highest BCUT2D eigenvalue weighted by atomic mass is 127. The lowest BCUT2D eigenvalue weighted by molar-refractivity contribution is 0.417. The van der Waals surface area contributed by atoms with E-state index < -0.39 is 0 Å². The van der Waals surface area contributed by atoms with Crippen LogP contribution < -0.4 is 4.74 Å². The van der Waals surface area contributed by atoms with Gasteiger partial charge in [-0.15, -0.1) is 11.3 Å². The van der Waals surface area contributed by atoms with Gasteiger partial charge < -0.3 is 4.74 Å². The van der Waals surface area contributed by atoms with Gasteiger partial charge in [0.2, 0.25) is 0 Å². The Morgan fingerprint density at radius 3 is 3.17 bits per heavy atom. The highest BCUT2D eigenvalue weighted by Crippen LogP contribution is 2.32. The number of methoxy groups -OCH3 is 1. The Kier molecular flexibility index (Phi) is 2.18. The molecule has 0 aliphatic rings. The maximum atomic E-state index is 5.28. The zero-order valence-corrected chi connectivity index (χ0v) is 9.35. The van der Waals surface area contributed by atoms with Crippen LogP contribution in [0.3, 0.4) is 0 Å². The number of hydrogen-bond donors (Lipinski definition) is 0. The summed E-state index contributed by atoms with van der Waals surface area (Å²) in [6.45, 7) is 0. The summed E-state index contributed by atoms with van der Waals surface area (Å²) >= 11 is 3.89. The van der Waals surface area contributed by atoms with Gasteiger partial charge in [0.15, 0.2) is 5.75 Å². The fourth-order valence-electron chi connectivity index (χ4n) is 1.06. The first-order valence-corrected chi connectivity index (χ1v) is 5.34. The summed E-state index contributed by atoms with van der Waals surface area (Å²) in [5.74, 6) is 0.940. The Labute approximate surface area is 87.7 Å². The SMILES string of the molecule is COc1c(I)cnc2ccsc12. The zero-order valence-electron chi connectivity index (χ0n) is 6.37. The van der Waals surface area contributed by atoms with Crippen molar-refractivity contribution in [1.82, 2.24) is 4.98 Å². The van der Waals surface area contributed by atoms with Crippen molar-refractivity contribution in [3.8, 4) is 5.75 Å². The molecule has 62 valence electrons. The summed E-state index contributed by atoms with van der Waals surface area (Å²) < 4.78 is 7.47. The first-order valence-electron chi connectivity index (χ1n) is 3.38. The fraction of sp³-hybridized carbons (Fsp3) is 0.125. The van der Waals surface area contributed by atoms with Crippen LogP contribution in [-0.2, 0) is 0 Å². The van der Waals surface area contributed by atoms with E-state index in [4.69, 9.17) is 4.74 Å². The van der Waals surface area contributed by atoms with Crippen molar-refractivity contribution in [1.29, 1.82) is 0 Å². The van der Waals surface area contributed by atoms with E-state index >= 15 is 0 Å². The Hall–Kier alpha value is -0.360. The monoisotopic (exact) mass is 291 g/mol. The molecular weight excluding hydrogens is 285 g/mol. The maximum absolute atomic E-state index is 5.28. The van der Waals surface area contributed by atoms with Gasteiger partial charge in [0.05, 0.1) is 20.9 Å². The van der Waals surface area contributed by atoms with Crippen LogP contribution in [0.4, 0.5) is 0 Å². The molecule has 0 bridgehead atoms. The van der Waals surface area contributed by atoms with Crippen LogP contribution in [0.5, 0.6) is 5.75 Å². The molecule has 2 aromatic heterocycles. The van der Waals surface area contributed by atoms with Crippen molar-refractivity contribution >= 4 is 44.1 Å². The topological polar surface area (TPSA) is 22.1 Å². The number of pyridine rings is 1. The highest BCUT2D eigenvalue weighted by molar-refractivity contribution is 14.1. The lowest BCUT2D eigenvalue weighted by Crippen LogP contribution is -1.87. The number of aromatic nitrogens is 1. The number of fused-ring (bicyclic) bond motifs is 1. The van der Waals surface area contributed by atoms with Gasteiger partial charge in [0, 0.05) is 6.20 Å². The van der Waals surface area contributed by atoms with Crippen LogP contribution in [0.15, 0.2) is 17.6 Å². The van der Waals surface area contributed by atoms with Crippen molar-refractivity contribution in [2.75, 3.05) is 7.11 Å². The van der Waals surface area contributed by atoms with Gasteiger partial charge in [0.1, 0.15) is 0 Å². The molecular formula is C8H6INOS. The highest BCUT2D eigenvalue weighted by Gasteiger charge is 2.07. The summed E-state index contributed by atoms with van der Waals surface area (Å²) in [5.41, 5.74) is 1.01. The summed E-state index contributed by atoms with van der Waals surface area (Å²) in [4.78, 5) is 4.27. The molecule has 2 aromatic rings. The second-order valence-electron chi connectivity index (χ2n) is 2.27. The summed E-state index contributed by atoms with van der Waals surface area (Å²) in [6, 6.07) is 2.00. The van der Waals surface area contributed by atoms with Gasteiger partial charge in [-0.1, -0.05) is 0 Å². The summed E-state index contributed by atoms with van der Waals surface area (Å²) in [6.07, 6.45) is 1.83. The third kappa shape index (κ3) is 1.19. The van der Waals surface area contributed by atoms with Crippen LogP contribution in [0.2, 0.25) is 0 Å². The Balaban J connectivity index is 2.83. The molecule has 0 spiro atoms. The molecule has 2 heterocycles. The second kappa shape index (κ2) is 3.18. The van der Waals surface area contributed by atoms with Crippen LogP contribution in [0.25, 0.3) is 10.2 Å². The average molecular weight is 291 g/mol. The molecule has 0 radical (unpaired) electrons. The van der Waals surface area contributed by atoms with Gasteiger partial charge in [0.25, 0.3) is 0 Å². The number of nitrogens with zero attached hydrogens (tertiary/aromatic N) is 1. The minimum Gasteiger partial charge on any atom is -0.494 e. The molecule has 0 aromatic carbocycles. The minimum atomic E-state index is 0.940. The van der Waals surface area contributed by atoms with Gasteiger partial charge in [-0.25, -0.2) is 0 Å². The lowest BCUT2D eigenvalue weighted by atomic mass is 10.4. The number of rotatable bonds is 1. The lowest BCUT2D eigenvalue weighted by Gasteiger charge is -2.02. The molecule has 0 amide bonds. The third-order valence-electron chi connectivity index (χ3n) is 1.59. The second-order valence-corrected chi connectivity index (χ2v) is 4.35. The molecule has 12 heavy (non-hydrogen) atoms.